The molecule has 0 aliphatic heterocycles. The van der Waals surface area contributed by atoms with Gasteiger partial charge in [0.25, 0.3) is 5.91 Å². The molecule has 1 heterocycles. The maximum Gasteiger partial charge on any atom is 0.325 e. The van der Waals surface area contributed by atoms with Gasteiger partial charge in [0.15, 0.2) is 14.6 Å². The molecule has 158 valence electrons. The van der Waals surface area contributed by atoms with E-state index in [4.69, 9.17) is 4.74 Å². The van der Waals surface area contributed by atoms with Crippen molar-refractivity contribution in [3.63, 3.8) is 0 Å². The van der Waals surface area contributed by atoms with E-state index in [1.807, 2.05) is 24.3 Å². The highest BCUT2D eigenvalue weighted by atomic mass is 32.2. The summed E-state index contributed by atoms with van der Waals surface area (Å²) in [6, 6.07) is 13.7. The number of carbonyl (C=O) groups excluding carboxylic acids is 2. The Hall–Kier alpha value is -2.78. The number of para-hydroxylation sites is 1. The third-order valence-corrected chi connectivity index (χ3v) is 7.78. The molecule has 3 rings (SSSR count). The molecule has 9 heteroatoms. The molecule has 0 saturated heterocycles. The van der Waals surface area contributed by atoms with Gasteiger partial charge in [-0.3, -0.25) is 9.59 Å². The van der Waals surface area contributed by atoms with Crippen LogP contribution in [0.5, 0.6) is 0 Å². The Morgan fingerprint density at radius 1 is 1.10 bits per heavy atom. The number of hydrogen-bond acceptors (Lipinski definition) is 6. The van der Waals surface area contributed by atoms with Crippen LogP contribution >= 0.6 is 11.3 Å². The van der Waals surface area contributed by atoms with Crippen LogP contribution in [-0.2, 0) is 37.1 Å². The van der Waals surface area contributed by atoms with Crippen LogP contribution in [-0.4, -0.2) is 37.2 Å². The molecule has 0 aliphatic rings. The van der Waals surface area contributed by atoms with Crippen molar-refractivity contribution in [2.75, 3.05) is 7.11 Å². The molecule has 0 N–H and O–H groups in total. The first kappa shape index (κ1) is 21.9. The Morgan fingerprint density at radius 3 is 2.40 bits per heavy atom. The summed E-state index contributed by atoms with van der Waals surface area (Å²) in [6.45, 7) is 3.20. The van der Waals surface area contributed by atoms with Crippen molar-refractivity contribution in [1.82, 2.24) is 4.57 Å². The van der Waals surface area contributed by atoms with E-state index < -0.39 is 21.1 Å². The van der Waals surface area contributed by atoms with Gasteiger partial charge in [0, 0.05) is 0 Å². The number of rotatable bonds is 6. The first-order chi connectivity index (χ1) is 14.2. The van der Waals surface area contributed by atoms with Crippen LogP contribution in [0.15, 0.2) is 58.4 Å². The first-order valence-electron chi connectivity index (χ1n) is 9.28. The lowest BCUT2D eigenvalue weighted by atomic mass is 10.1. The van der Waals surface area contributed by atoms with Crippen LogP contribution in [0.4, 0.5) is 0 Å². The van der Waals surface area contributed by atoms with Gasteiger partial charge in [0.2, 0.25) is 0 Å². The van der Waals surface area contributed by atoms with Gasteiger partial charge in [-0.15, -0.1) is 0 Å². The number of ether oxygens (including phenoxy) is 1. The van der Waals surface area contributed by atoms with Gasteiger partial charge in [0.05, 0.1) is 33.9 Å². The van der Waals surface area contributed by atoms with E-state index in [2.05, 4.69) is 4.99 Å². The van der Waals surface area contributed by atoms with Gasteiger partial charge >= 0.3 is 5.97 Å². The SMILES string of the molecule is COC(=O)Cn1c(=NC(=O)Cc2ccc(S(=O)(=O)C(C)C)cc2)sc2ccccc21. The molecule has 0 spiro atoms. The van der Waals surface area contributed by atoms with Crippen molar-refractivity contribution in [3.8, 4) is 0 Å². The fourth-order valence-corrected chi connectivity index (χ4v) is 4.95. The highest BCUT2D eigenvalue weighted by Gasteiger charge is 2.19. The van der Waals surface area contributed by atoms with Gasteiger partial charge in [-0.25, -0.2) is 8.42 Å². The van der Waals surface area contributed by atoms with E-state index in [-0.39, 0.29) is 23.8 Å². The number of hydrogen-bond donors (Lipinski definition) is 0. The summed E-state index contributed by atoms with van der Waals surface area (Å²) in [5.74, 6) is -0.825. The van der Waals surface area contributed by atoms with E-state index in [0.717, 1.165) is 10.2 Å². The molecule has 0 unspecified atom stereocenters. The zero-order valence-corrected chi connectivity index (χ0v) is 18.5. The van der Waals surface area contributed by atoms with Crippen molar-refractivity contribution in [2.45, 2.75) is 37.0 Å². The quantitative estimate of drug-likeness (QED) is 0.543. The Bertz CT molecular complexity index is 1250. The fraction of sp³-hybridized carbons (Fsp3) is 0.286. The van der Waals surface area contributed by atoms with Gasteiger partial charge in [0.1, 0.15) is 6.54 Å². The number of fused-ring (bicyclic) bond motifs is 1. The lowest BCUT2D eigenvalue weighted by molar-refractivity contribution is -0.141. The zero-order valence-electron chi connectivity index (χ0n) is 16.9. The molecule has 1 amide bonds. The summed E-state index contributed by atoms with van der Waals surface area (Å²) in [5.41, 5.74) is 1.45. The van der Waals surface area contributed by atoms with Gasteiger partial charge in [-0.2, -0.15) is 4.99 Å². The standard InChI is InChI=1S/C21H22N2O5S2/c1-14(2)30(26,27)16-10-8-15(9-11-16)12-19(24)22-21-23(13-20(25)28-3)17-6-4-5-7-18(17)29-21/h4-11,14H,12-13H2,1-3H3. The van der Waals surface area contributed by atoms with E-state index in [1.165, 1.54) is 30.6 Å². The van der Waals surface area contributed by atoms with E-state index >= 15 is 0 Å². The fourth-order valence-electron chi connectivity index (χ4n) is 2.84. The summed E-state index contributed by atoms with van der Waals surface area (Å²) >= 11 is 1.31. The third kappa shape index (κ3) is 4.68. The zero-order chi connectivity index (χ0) is 21.9. The summed E-state index contributed by atoms with van der Waals surface area (Å²) in [5, 5.41) is -0.516. The molecule has 0 aliphatic carbocycles. The molecule has 2 aromatic carbocycles. The Morgan fingerprint density at radius 2 is 1.77 bits per heavy atom. The Balaban J connectivity index is 1.89. The topological polar surface area (TPSA) is 94.8 Å². The van der Waals surface area contributed by atoms with E-state index in [9.17, 15) is 18.0 Å². The maximum atomic E-state index is 12.5. The van der Waals surface area contributed by atoms with Gasteiger partial charge in [-0.05, 0) is 43.7 Å². The molecular weight excluding hydrogens is 424 g/mol. The molecule has 0 fully saturated rings. The number of benzene rings is 2. The van der Waals surface area contributed by atoms with Crippen LogP contribution < -0.4 is 4.80 Å². The highest BCUT2D eigenvalue weighted by molar-refractivity contribution is 7.92. The van der Waals surface area contributed by atoms with Crippen LogP contribution in [0.25, 0.3) is 10.2 Å². The smallest absolute Gasteiger partial charge is 0.325 e. The van der Waals surface area contributed by atoms with Crippen molar-refractivity contribution in [1.29, 1.82) is 0 Å². The third-order valence-electron chi connectivity index (χ3n) is 4.55. The number of thiazole rings is 1. The van der Waals surface area contributed by atoms with Crippen molar-refractivity contribution >= 4 is 43.3 Å². The Kier molecular flexibility index (Phi) is 6.52. The summed E-state index contributed by atoms with van der Waals surface area (Å²) in [6.07, 6.45) is 0.0223. The molecule has 30 heavy (non-hydrogen) atoms. The van der Waals surface area contributed by atoms with Gasteiger partial charge in [-0.1, -0.05) is 35.6 Å². The number of amides is 1. The maximum absolute atomic E-state index is 12.5. The van der Waals surface area contributed by atoms with Crippen molar-refractivity contribution in [3.05, 3.63) is 58.9 Å². The monoisotopic (exact) mass is 446 g/mol. The summed E-state index contributed by atoms with van der Waals surface area (Å²) in [7, 11) is -2.05. The lowest BCUT2D eigenvalue weighted by Gasteiger charge is -2.08. The average molecular weight is 447 g/mol. The molecule has 0 bridgehead atoms. The molecule has 7 nitrogen and oxygen atoms in total. The molecule has 0 saturated carbocycles. The number of esters is 1. The van der Waals surface area contributed by atoms with Crippen LogP contribution in [0.2, 0.25) is 0 Å². The predicted octanol–water partition coefficient (Wildman–Crippen LogP) is 2.73. The van der Waals surface area contributed by atoms with E-state index in [1.54, 1.807) is 30.5 Å². The molecule has 3 aromatic rings. The van der Waals surface area contributed by atoms with E-state index in [0.29, 0.717) is 10.4 Å². The van der Waals surface area contributed by atoms with Crippen LogP contribution in [0.3, 0.4) is 0 Å². The minimum absolute atomic E-state index is 0.0223. The molecule has 0 atom stereocenters. The Labute approximate surface area is 178 Å². The number of sulfone groups is 1. The summed E-state index contributed by atoms with van der Waals surface area (Å²) in [4.78, 5) is 29.2. The van der Waals surface area contributed by atoms with Crippen molar-refractivity contribution in [2.24, 2.45) is 4.99 Å². The first-order valence-corrected chi connectivity index (χ1v) is 11.6. The minimum Gasteiger partial charge on any atom is -0.468 e. The second kappa shape index (κ2) is 8.93. The van der Waals surface area contributed by atoms with Gasteiger partial charge < -0.3 is 9.30 Å². The number of methoxy groups -OCH3 is 1. The molecular formula is C21H22N2O5S2. The normalized spacial score (nSPS) is 12.5. The number of nitrogens with zero attached hydrogens (tertiary/aromatic N) is 2. The second-order valence-electron chi connectivity index (χ2n) is 6.93. The second-order valence-corrected chi connectivity index (χ2v) is 10.4. The summed E-state index contributed by atoms with van der Waals surface area (Å²) < 4.78 is 31.7. The lowest BCUT2D eigenvalue weighted by Crippen LogP contribution is -2.22. The number of carbonyl (C=O) groups is 2. The minimum atomic E-state index is -3.36. The molecule has 1 aromatic heterocycles. The highest BCUT2D eigenvalue weighted by Crippen LogP contribution is 2.18. The number of aromatic nitrogens is 1. The van der Waals surface area contributed by atoms with Crippen LogP contribution in [0.1, 0.15) is 19.4 Å². The largest absolute Gasteiger partial charge is 0.468 e. The van der Waals surface area contributed by atoms with Crippen molar-refractivity contribution < 1.29 is 22.7 Å². The van der Waals surface area contributed by atoms with Crippen LogP contribution in [0, 0.1) is 0 Å². The molecule has 0 radical (unpaired) electrons. The predicted molar refractivity (Wildman–Crippen MR) is 115 cm³/mol. The average Bonchev–Trinajstić information content (AvgIpc) is 3.05.